The van der Waals surface area contributed by atoms with Crippen molar-refractivity contribution in [3.05, 3.63) is 39.4 Å². The number of alkyl halides is 1. The standard InChI is InChI=1S/C12H15BrN2O3/c1-8-4-9(6-10(5-8)15(17)18)11(16)14-12(2,3)7-13/h4-6H,7H2,1-3H3,(H,14,16). The lowest BCUT2D eigenvalue weighted by molar-refractivity contribution is -0.384. The molecule has 0 atom stereocenters. The number of hydrogen-bond acceptors (Lipinski definition) is 3. The average Bonchev–Trinajstić information content (AvgIpc) is 2.27. The number of carbonyl (C=O) groups excluding carboxylic acids is 1. The van der Waals surface area contributed by atoms with Crippen molar-refractivity contribution in [2.45, 2.75) is 26.3 Å². The number of nitrogens with zero attached hydrogens (tertiary/aromatic N) is 1. The van der Waals surface area contributed by atoms with Crippen LogP contribution in [0, 0.1) is 17.0 Å². The van der Waals surface area contributed by atoms with Gasteiger partial charge in [-0.2, -0.15) is 0 Å². The van der Waals surface area contributed by atoms with Gasteiger partial charge in [0, 0.05) is 28.6 Å². The first kappa shape index (κ1) is 14.6. The molecule has 1 aromatic carbocycles. The smallest absolute Gasteiger partial charge is 0.270 e. The van der Waals surface area contributed by atoms with Crippen LogP contribution in [-0.2, 0) is 0 Å². The van der Waals surface area contributed by atoms with Crippen molar-refractivity contribution in [3.63, 3.8) is 0 Å². The van der Waals surface area contributed by atoms with Gasteiger partial charge in [-0.05, 0) is 32.4 Å². The molecule has 0 bridgehead atoms. The predicted molar refractivity (Wildman–Crippen MR) is 73.2 cm³/mol. The molecule has 18 heavy (non-hydrogen) atoms. The fourth-order valence-corrected chi connectivity index (χ4v) is 1.55. The number of nitro benzene ring substituents is 1. The van der Waals surface area contributed by atoms with Crippen LogP contribution in [0.5, 0.6) is 0 Å². The third-order valence-electron chi connectivity index (χ3n) is 2.32. The molecule has 0 unspecified atom stereocenters. The van der Waals surface area contributed by atoms with Gasteiger partial charge in [-0.25, -0.2) is 0 Å². The maximum atomic E-state index is 12.0. The van der Waals surface area contributed by atoms with E-state index in [2.05, 4.69) is 21.2 Å². The molecule has 0 aromatic heterocycles. The molecule has 0 aliphatic rings. The highest BCUT2D eigenvalue weighted by Crippen LogP contribution is 2.17. The number of aryl methyl sites for hydroxylation is 1. The van der Waals surface area contributed by atoms with Crippen LogP contribution in [0.15, 0.2) is 18.2 Å². The largest absolute Gasteiger partial charge is 0.346 e. The van der Waals surface area contributed by atoms with Gasteiger partial charge in [0.05, 0.1) is 4.92 Å². The molecule has 0 aliphatic carbocycles. The number of rotatable bonds is 4. The van der Waals surface area contributed by atoms with Gasteiger partial charge in [0.1, 0.15) is 0 Å². The summed E-state index contributed by atoms with van der Waals surface area (Å²) in [5.41, 5.74) is 0.508. The van der Waals surface area contributed by atoms with Gasteiger partial charge in [-0.1, -0.05) is 15.9 Å². The van der Waals surface area contributed by atoms with Crippen LogP contribution in [-0.4, -0.2) is 21.7 Å². The number of nitro groups is 1. The summed E-state index contributed by atoms with van der Waals surface area (Å²) < 4.78 is 0. The van der Waals surface area contributed by atoms with Gasteiger partial charge in [0.15, 0.2) is 0 Å². The van der Waals surface area contributed by atoms with Crippen LogP contribution < -0.4 is 5.32 Å². The summed E-state index contributed by atoms with van der Waals surface area (Å²) in [6.07, 6.45) is 0. The molecule has 1 N–H and O–H groups in total. The lowest BCUT2D eigenvalue weighted by atomic mass is 10.1. The van der Waals surface area contributed by atoms with Crippen LogP contribution in [0.1, 0.15) is 29.8 Å². The van der Waals surface area contributed by atoms with E-state index in [0.29, 0.717) is 16.5 Å². The lowest BCUT2D eigenvalue weighted by Gasteiger charge is -2.23. The fraction of sp³-hybridized carbons (Fsp3) is 0.417. The zero-order valence-electron chi connectivity index (χ0n) is 10.5. The molecule has 0 aliphatic heterocycles. The monoisotopic (exact) mass is 314 g/mol. The molecule has 6 heteroatoms. The number of amides is 1. The highest BCUT2D eigenvalue weighted by Gasteiger charge is 2.21. The van der Waals surface area contributed by atoms with E-state index in [1.165, 1.54) is 12.1 Å². The van der Waals surface area contributed by atoms with E-state index in [-0.39, 0.29) is 11.6 Å². The molecular formula is C12H15BrN2O3. The maximum Gasteiger partial charge on any atom is 0.270 e. The zero-order chi connectivity index (χ0) is 13.9. The molecule has 0 saturated carbocycles. The van der Waals surface area contributed by atoms with Crippen molar-refractivity contribution in [2.24, 2.45) is 0 Å². The number of carbonyl (C=O) groups is 1. The van der Waals surface area contributed by atoms with E-state index < -0.39 is 10.5 Å². The summed E-state index contributed by atoms with van der Waals surface area (Å²) in [7, 11) is 0. The van der Waals surface area contributed by atoms with Gasteiger partial charge in [-0.3, -0.25) is 14.9 Å². The highest BCUT2D eigenvalue weighted by atomic mass is 79.9. The second kappa shape index (κ2) is 5.48. The topological polar surface area (TPSA) is 72.2 Å². The Hall–Kier alpha value is -1.43. The van der Waals surface area contributed by atoms with Gasteiger partial charge in [-0.15, -0.1) is 0 Å². The predicted octanol–water partition coefficient (Wildman–Crippen LogP) is 2.81. The second-order valence-electron chi connectivity index (χ2n) is 4.79. The molecular weight excluding hydrogens is 300 g/mol. The number of hydrogen-bond donors (Lipinski definition) is 1. The Kier molecular flexibility index (Phi) is 4.45. The Morgan fingerprint density at radius 2 is 2.06 bits per heavy atom. The molecule has 0 radical (unpaired) electrons. The summed E-state index contributed by atoms with van der Waals surface area (Å²) in [6.45, 7) is 5.45. The van der Waals surface area contributed by atoms with Gasteiger partial charge < -0.3 is 5.32 Å². The van der Waals surface area contributed by atoms with Gasteiger partial charge in [0.25, 0.3) is 11.6 Å². The SMILES string of the molecule is Cc1cc(C(=O)NC(C)(C)CBr)cc([N+](=O)[O-])c1. The first-order valence-electron chi connectivity index (χ1n) is 5.40. The lowest BCUT2D eigenvalue weighted by Crippen LogP contribution is -2.44. The first-order valence-corrected chi connectivity index (χ1v) is 6.52. The van der Waals surface area contributed by atoms with Crippen LogP contribution in [0.25, 0.3) is 0 Å². The first-order chi connectivity index (χ1) is 8.25. The summed E-state index contributed by atoms with van der Waals surface area (Å²) in [5.74, 6) is -0.314. The molecule has 5 nitrogen and oxygen atoms in total. The number of nitrogens with one attached hydrogen (secondary N) is 1. The molecule has 1 amide bonds. The van der Waals surface area contributed by atoms with Gasteiger partial charge >= 0.3 is 0 Å². The zero-order valence-corrected chi connectivity index (χ0v) is 12.1. The van der Waals surface area contributed by atoms with E-state index >= 15 is 0 Å². The van der Waals surface area contributed by atoms with Crippen LogP contribution in [0.2, 0.25) is 0 Å². The van der Waals surface area contributed by atoms with Gasteiger partial charge in [0.2, 0.25) is 0 Å². The summed E-state index contributed by atoms with van der Waals surface area (Å²) >= 11 is 3.30. The summed E-state index contributed by atoms with van der Waals surface area (Å²) in [5, 5.41) is 14.1. The van der Waals surface area contributed by atoms with Crippen molar-refractivity contribution >= 4 is 27.5 Å². The molecule has 1 rings (SSSR count). The summed E-state index contributed by atoms with van der Waals surface area (Å²) in [6, 6.07) is 4.35. The Morgan fingerprint density at radius 3 is 2.56 bits per heavy atom. The van der Waals surface area contributed by atoms with E-state index in [1.54, 1.807) is 13.0 Å². The maximum absolute atomic E-state index is 12.0. The van der Waals surface area contributed by atoms with Crippen molar-refractivity contribution in [2.75, 3.05) is 5.33 Å². The Bertz CT molecular complexity index is 486. The normalized spacial score (nSPS) is 11.1. The van der Waals surface area contributed by atoms with Crippen molar-refractivity contribution in [3.8, 4) is 0 Å². The van der Waals surface area contributed by atoms with Crippen LogP contribution >= 0.6 is 15.9 Å². The quantitative estimate of drug-likeness (QED) is 0.527. The Morgan fingerprint density at radius 1 is 1.44 bits per heavy atom. The molecule has 98 valence electrons. The van der Waals surface area contributed by atoms with E-state index in [0.717, 1.165) is 0 Å². The minimum atomic E-state index is -0.501. The second-order valence-corrected chi connectivity index (χ2v) is 5.35. The van der Waals surface area contributed by atoms with E-state index in [9.17, 15) is 14.9 Å². The van der Waals surface area contributed by atoms with Crippen LogP contribution in [0.3, 0.4) is 0 Å². The average molecular weight is 315 g/mol. The minimum Gasteiger partial charge on any atom is -0.346 e. The third kappa shape index (κ3) is 3.80. The Balaban J connectivity index is 3.03. The molecule has 0 fully saturated rings. The van der Waals surface area contributed by atoms with Crippen molar-refractivity contribution < 1.29 is 9.72 Å². The minimum absolute atomic E-state index is 0.0724. The summed E-state index contributed by atoms with van der Waals surface area (Å²) in [4.78, 5) is 22.2. The number of halogens is 1. The molecule has 1 aromatic rings. The van der Waals surface area contributed by atoms with E-state index in [4.69, 9.17) is 0 Å². The van der Waals surface area contributed by atoms with Crippen LogP contribution in [0.4, 0.5) is 5.69 Å². The fourth-order valence-electron chi connectivity index (χ4n) is 1.41. The highest BCUT2D eigenvalue weighted by molar-refractivity contribution is 9.09. The van der Waals surface area contributed by atoms with E-state index in [1.807, 2.05) is 13.8 Å². The van der Waals surface area contributed by atoms with Crippen molar-refractivity contribution in [1.82, 2.24) is 5.32 Å². The molecule has 0 saturated heterocycles. The molecule has 0 spiro atoms. The molecule has 0 heterocycles. The van der Waals surface area contributed by atoms with Crippen molar-refractivity contribution in [1.29, 1.82) is 0 Å². The third-order valence-corrected chi connectivity index (χ3v) is 3.72. The number of non-ortho nitro benzene ring substituents is 1. The number of benzene rings is 1. The Labute approximate surface area is 114 Å².